The van der Waals surface area contributed by atoms with Crippen LogP contribution in [0.1, 0.15) is 15.4 Å². The Bertz CT molecular complexity index is 539. The van der Waals surface area contributed by atoms with Crippen molar-refractivity contribution in [3.05, 3.63) is 52.0 Å². The summed E-state index contributed by atoms with van der Waals surface area (Å²) in [5.74, 6) is -0.130. The fraction of sp³-hybridized carbons (Fsp3) is 0.286. The summed E-state index contributed by atoms with van der Waals surface area (Å²) in [5.41, 5.74) is 6.96. The van der Waals surface area contributed by atoms with Crippen LogP contribution in [0.4, 0.5) is 0 Å². The number of hydrogen-bond acceptors (Lipinski definition) is 4. The molecule has 19 heavy (non-hydrogen) atoms. The van der Waals surface area contributed by atoms with Gasteiger partial charge in [-0.1, -0.05) is 30.3 Å². The molecule has 0 radical (unpaired) electrons. The van der Waals surface area contributed by atoms with Gasteiger partial charge in [0.25, 0.3) is 0 Å². The van der Waals surface area contributed by atoms with Crippen molar-refractivity contribution in [2.45, 2.75) is 25.9 Å². The van der Waals surface area contributed by atoms with E-state index in [-0.39, 0.29) is 5.91 Å². The van der Waals surface area contributed by atoms with Gasteiger partial charge in [-0.25, -0.2) is 4.98 Å². The Labute approximate surface area is 116 Å². The van der Waals surface area contributed by atoms with E-state index in [4.69, 9.17) is 5.73 Å². The number of carbonyl (C=O) groups excluding carboxylic acids is 1. The minimum absolute atomic E-state index is 0.130. The smallest absolute Gasteiger partial charge is 0.237 e. The molecular weight excluding hydrogens is 258 g/mol. The van der Waals surface area contributed by atoms with Gasteiger partial charge in [-0.15, -0.1) is 11.3 Å². The second-order valence-electron chi connectivity index (χ2n) is 4.36. The molecule has 0 bridgehead atoms. The molecule has 5 heteroatoms. The van der Waals surface area contributed by atoms with Gasteiger partial charge in [-0.3, -0.25) is 4.79 Å². The highest BCUT2D eigenvalue weighted by Gasteiger charge is 2.13. The van der Waals surface area contributed by atoms with Crippen LogP contribution in [0.25, 0.3) is 0 Å². The zero-order valence-electron chi connectivity index (χ0n) is 10.8. The maximum atomic E-state index is 11.9. The van der Waals surface area contributed by atoms with E-state index in [0.717, 1.165) is 15.4 Å². The van der Waals surface area contributed by atoms with Crippen LogP contribution in [-0.4, -0.2) is 16.9 Å². The second kappa shape index (κ2) is 6.45. The lowest BCUT2D eigenvalue weighted by molar-refractivity contribution is -0.122. The Morgan fingerprint density at radius 2 is 2.16 bits per heavy atom. The number of nitrogens with two attached hydrogens (primary N) is 1. The van der Waals surface area contributed by atoms with Crippen LogP contribution in [0.2, 0.25) is 0 Å². The zero-order valence-corrected chi connectivity index (χ0v) is 11.6. The average Bonchev–Trinajstić information content (AvgIpc) is 2.83. The first-order chi connectivity index (χ1) is 9.15. The quantitative estimate of drug-likeness (QED) is 0.871. The minimum Gasteiger partial charge on any atom is -0.350 e. The largest absolute Gasteiger partial charge is 0.350 e. The third kappa shape index (κ3) is 4.15. The second-order valence-corrected chi connectivity index (χ2v) is 5.68. The first-order valence-corrected chi connectivity index (χ1v) is 6.95. The Morgan fingerprint density at radius 3 is 2.79 bits per heavy atom. The Balaban J connectivity index is 1.82. The van der Waals surface area contributed by atoms with Crippen molar-refractivity contribution in [2.75, 3.05) is 0 Å². The Morgan fingerprint density at radius 1 is 1.42 bits per heavy atom. The summed E-state index contributed by atoms with van der Waals surface area (Å²) in [6.07, 6.45) is 2.33. The molecule has 0 saturated carbocycles. The van der Waals surface area contributed by atoms with Gasteiger partial charge in [-0.05, 0) is 18.9 Å². The normalized spacial score (nSPS) is 12.1. The fourth-order valence-corrected chi connectivity index (χ4v) is 2.49. The molecule has 1 heterocycles. The molecule has 0 aliphatic carbocycles. The van der Waals surface area contributed by atoms with Crippen molar-refractivity contribution in [3.63, 3.8) is 0 Å². The Kier molecular flexibility index (Phi) is 4.65. The molecular formula is C14H17N3OS. The molecule has 1 aromatic carbocycles. The maximum Gasteiger partial charge on any atom is 0.237 e. The summed E-state index contributed by atoms with van der Waals surface area (Å²) in [6, 6.07) is 9.26. The van der Waals surface area contributed by atoms with Crippen LogP contribution in [0.3, 0.4) is 0 Å². The number of benzene rings is 1. The summed E-state index contributed by atoms with van der Waals surface area (Å²) in [7, 11) is 0. The summed E-state index contributed by atoms with van der Waals surface area (Å²) in [5, 5.41) is 3.84. The number of thiazole rings is 1. The molecule has 2 rings (SSSR count). The summed E-state index contributed by atoms with van der Waals surface area (Å²) in [6.45, 7) is 2.43. The molecule has 0 fully saturated rings. The molecule has 100 valence electrons. The van der Waals surface area contributed by atoms with Gasteiger partial charge in [0, 0.05) is 11.1 Å². The molecule has 2 aromatic rings. The molecule has 0 saturated heterocycles. The fourth-order valence-electron chi connectivity index (χ4n) is 1.75. The number of hydrogen-bond donors (Lipinski definition) is 2. The molecule has 0 spiro atoms. The van der Waals surface area contributed by atoms with Crippen molar-refractivity contribution in [3.8, 4) is 0 Å². The molecule has 0 aliphatic rings. The highest BCUT2D eigenvalue weighted by molar-refractivity contribution is 7.11. The number of carbonyl (C=O) groups is 1. The summed E-state index contributed by atoms with van der Waals surface area (Å²) in [4.78, 5) is 17.1. The lowest BCUT2D eigenvalue weighted by Gasteiger charge is -2.11. The van der Waals surface area contributed by atoms with Crippen molar-refractivity contribution < 1.29 is 4.79 Å². The van der Waals surface area contributed by atoms with Crippen molar-refractivity contribution in [1.82, 2.24) is 10.3 Å². The topological polar surface area (TPSA) is 68.0 Å². The molecule has 4 nitrogen and oxygen atoms in total. The van der Waals surface area contributed by atoms with Crippen molar-refractivity contribution in [2.24, 2.45) is 5.73 Å². The van der Waals surface area contributed by atoms with Crippen LogP contribution in [-0.2, 0) is 17.8 Å². The first kappa shape index (κ1) is 13.7. The molecule has 1 atom stereocenters. The van der Waals surface area contributed by atoms with E-state index in [1.54, 1.807) is 17.5 Å². The van der Waals surface area contributed by atoms with Gasteiger partial charge in [0.05, 0.1) is 17.6 Å². The molecule has 0 unspecified atom stereocenters. The number of nitrogens with zero attached hydrogens (tertiary/aromatic N) is 1. The van der Waals surface area contributed by atoms with Gasteiger partial charge >= 0.3 is 0 Å². The van der Waals surface area contributed by atoms with Gasteiger partial charge < -0.3 is 11.1 Å². The van der Waals surface area contributed by atoms with E-state index >= 15 is 0 Å². The van der Waals surface area contributed by atoms with Gasteiger partial charge in [-0.2, -0.15) is 0 Å². The minimum atomic E-state index is -0.517. The maximum absolute atomic E-state index is 11.9. The van der Waals surface area contributed by atoms with E-state index < -0.39 is 6.04 Å². The number of aromatic nitrogens is 1. The summed E-state index contributed by atoms with van der Waals surface area (Å²) < 4.78 is 0. The van der Waals surface area contributed by atoms with Crippen molar-refractivity contribution in [1.29, 1.82) is 0 Å². The third-order valence-electron chi connectivity index (χ3n) is 2.74. The monoisotopic (exact) mass is 275 g/mol. The SMILES string of the molecule is Cc1ncc(CNC(=O)[C@H](N)Cc2ccccc2)s1. The molecule has 1 aromatic heterocycles. The number of amides is 1. The zero-order chi connectivity index (χ0) is 13.7. The van der Waals surface area contributed by atoms with Crippen LogP contribution >= 0.6 is 11.3 Å². The Hall–Kier alpha value is -1.72. The van der Waals surface area contributed by atoms with E-state index in [9.17, 15) is 4.79 Å². The first-order valence-electron chi connectivity index (χ1n) is 6.13. The van der Waals surface area contributed by atoms with Gasteiger partial charge in [0.15, 0.2) is 0 Å². The highest BCUT2D eigenvalue weighted by Crippen LogP contribution is 2.10. The number of rotatable bonds is 5. The highest BCUT2D eigenvalue weighted by atomic mass is 32.1. The van der Waals surface area contributed by atoms with Gasteiger partial charge in [0.1, 0.15) is 0 Å². The van der Waals surface area contributed by atoms with E-state index in [2.05, 4.69) is 10.3 Å². The summed E-state index contributed by atoms with van der Waals surface area (Å²) >= 11 is 1.58. The van der Waals surface area contributed by atoms with Gasteiger partial charge in [0.2, 0.25) is 5.91 Å². The van der Waals surface area contributed by atoms with Crippen molar-refractivity contribution >= 4 is 17.2 Å². The standard InChI is InChI=1S/C14H17N3OS/c1-10-16-8-12(19-10)9-17-14(18)13(15)7-11-5-3-2-4-6-11/h2-6,8,13H,7,9,15H2,1H3,(H,17,18)/t13-/m1/s1. The van der Waals surface area contributed by atoms with Crippen LogP contribution < -0.4 is 11.1 Å². The van der Waals surface area contributed by atoms with E-state index in [1.165, 1.54) is 0 Å². The van der Waals surface area contributed by atoms with E-state index in [0.29, 0.717) is 13.0 Å². The molecule has 3 N–H and O–H groups in total. The van der Waals surface area contributed by atoms with Crippen LogP contribution in [0.5, 0.6) is 0 Å². The third-order valence-corrected chi connectivity index (χ3v) is 3.65. The predicted molar refractivity (Wildman–Crippen MR) is 76.8 cm³/mol. The van der Waals surface area contributed by atoms with Crippen LogP contribution in [0, 0.1) is 6.92 Å². The average molecular weight is 275 g/mol. The number of aryl methyl sites for hydroxylation is 1. The number of nitrogens with one attached hydrogen (secondary N) is 1. The van der Waals surface area contributed by atoms with E-state index in [1.807, 2.05) is 37.3 Å². The molecule has 1 amide bonds. The molecule has 0 aliphatic heterocycles. The lowest BCUT2D eigenvalue weighted by atomic mass is 10.1. The predicted octanol–water partition coefficient (Wildman–Crippen LogP) is 1.64. The van der Waals surface area contributed by atoms with Crippen LogP contribution in [0.15, 0.2) is 36.5 Å². The lowest BCUT2D eigenvalue weighted by Crippen LogP contribution is -2.41.